The molecule has 1 amide bonds. The van der Waals surface area contributed by atoms with Crippen LogP contribution < -0.4 is 10.1 Å². The molecule has 0 saturated heterocycles. The van der Waals surface area contributed by atoms with Crippen LogP contribution >= 0.6 is 15.9 Å². The van der Waals surface area contributed by atoms with Gasteiger partial charge in [0.25, 0.3) is 5.91 Å². The van der Waals surface area contributed by atoms with Crippen LogP contribution in [0.4, 0.5) is 5.69 Å². The summed E-state index contributed by atoms with van der Waals surface area (Å²) < 4.78 is 11.0. The van der Waals surface area contributed by atoms with Crippen LogP contribution in [-0.2, 0) is 16.0 Å². The highest BCUT2D eigenvalue weighted by molar-refractivity contribution is 9.10. The Kier molecular flexibility index (Phi) is 6.37. The highest BCUT2D eigenvalue weighted by Crippen LogP contribution is 2.26. The van der Waals surface area contributed by atoms with E-state index in [2.05, 4.69) is 32.9 Å². The summed E-state index contributed by atoms with van der Waals surface area (Å²) in [6.07, 6.45) is 0.926. The van der Waals surface area contributed by atoms with Crippen LogP contribution in [-0.4, -0.2) is 25.6 Å². The summed E-state index contributed by atoms with van der Waals surface area (Å²) in [5.41, 5.74) is 2.05. The fraction of sp³-hybridized carbons (Fsp3) is 0.222. The molecule has 126 valence electrons. The number of esters is 1. The number of ether oxygens (including phenoxy) is 2. The second kappa shape index (κ2) is 8.49. The van der Waals surface area contributed by atoms with Crippen molar-refractivity contribution in [1.82, 2.24) is 0 Å². The molecule has 5 nitrogen and oxygen atoms in total. The minimum absolute atomic E-state index is 0.132. The summed E-state index contributed by atoms with van der Waals surface area (Å²) in [5, 5.41) is 2.69. The molecule has 0 aromatic heterocycles. The molecule has 0 spiro atoms. The number of hydrogen-bond acceptors (Lipinski definition) is 4. The molecule has 2 aromatic carbocycles. The van der Waals surface area contributed by atoms with Gasteiger partial charge in [0.2, 0.25) is 0 Å². The van der Waals surface area contributed by atoms with Crippen molar-refractivity contribution in [3.8, 4) is 5.75 Å². The van der Waals surface area contributed by atoms with E-state index in [1.54, 1.807) is 24.3 Å². The summed E-state index contributed by atoms with van der Waals surface area (Å²) in [5.74, 6) is -0.170. The first-order valence-electron chi connectivity index (χ1n) is 7.43. The molecule has 0 heterocycles. The van der Waals surface area contributed by atoms with Gasteiger partial charge >= 0.3 is 5.97 Å². The van der Waals surface area contributed by atoms with Crippen LogP contribution in [0.25, 0.3) is 0 Å². The van der Waals surface area contributed by atoms with E-state index in [1.165, 1.54) is 12.7 Å². The van der Waals surface area contributed by atoms with E-state index in [9.17, 15) is 9.59 Å². The Balaban J connectivity index is 1.95. The van der Waals surface area contributed by atoms with Crippen molar-refractivity contribution in [2.45, 2.75) is 13.3 Å². The normalized spacial score (nSPS) is 10.1. The summed E-state index contributed by atoms with van der Waals surface area (Å²) in [6, 6.07) is 12.3. The zero-order chi connectivity index (χ0) is 17.5. The van der Waals surface area contributed by atoms with E-state index >= 15 is 0 Å². The molecule has 0 aliphatic carbocycles. The van der Waals surface area contributed by atoms with E-state index in [1.807, 2.05) is 18.2 Å². The molecule has 0 aliphatic heterocycles. The highest BCUT2D eigenvalue weighted by Gasteiger charge is 2.09. The van der Waals surface area contributed by atoms with E-state index in [4.69, 9.17) is 4.74 Å². The minimum atomic E-state index is -0.456. The van der Waals surface area contributed by atoms with Crippen LogP contribution in [0.3, 0.4) is 0 Å². The smallest absolute Gasteiger partial charge is 0.337 e. The number of carbonyl (C=O) groups excluding carboxylic acids is 2. The second-order valence-electron chi connectivity index (χ2n) is 5.03. The molecular weight excluding hydrogens is 374 g/mol. The van der Waals surface area contributed by atoms with Gasteiger partial charge in [0.05, 0.1) is 17.1 Å². The predicted octanol–water partition coefficient (Wildman–Crippen LogP) is 3.82. The molecule has 0 radical (unpaired) electrons. The van der Waals surface area contributed by atoms with Crippen LogP contribution in [0.5, 0.6) is 5.75 Å². The van der Waals surface area contributed by atoms with Gasteiger partial charge in [-0.05, 0) is 58.2 Å². The van der Waals surface area contributed by atoms with Crippen molar-refractivity contribution in [1.29, 1.82) is 0 Å². The zero-order valence-electron chi connectivity index (χ0n) is 13.5. The van der Waals surface area contributed by atoms with Crippen molar-refractivity contribution in [2.75, 3.05) is 19.0 Å². The molecule has 24 heavy (non-hydrogen) atoms. The molecule has 0 unspecified atom stereocenters. The lowest BCUT2D eigenvalue weighted by molar-refractivity contribution is -0.118. The standard InChI is InChI=1S/C18H18BrNO4/c1-3-12-7-8-16(15(19)9-12)24-11-17(21)20-14-6-4-5-13(10-14)18(22)23-2/h4-10H,3,11H2,1-2H3,(H,20,21). The molecule has 0 atom stereocenters. The molecular formula is C18H18BrNO4. The van der Waals surface area contributed by atoms with Gasteiger partial charge in [-0.3, -0.25) is 4.79 Å². The van der Waals surface area contributed by atoms with Gasteiger partial charge in [0, 0.05) is 5.69 Å². The number of aryl methyl sites for hydroxylation is 1. The van der Waals surface area contributed by atoms with Crippen molar-refractivity contribution >= 4 is 33.5 Å². The number of anilines is 1. The van der Waals surface area contributed by atoms with E-state index in [-0.39, 0.29) is 12.5 Å². The molecule has 0 saturated carbocycles. The largest absolute Gasteiger partial charge is 0.483 e. The van der Waals surface area contributed by atoms with Crippen molar-refractivity contribution in [3.05, 3.63) is 58.1 Å². The van der Waals surface area contributed by atoms with Crippen LogP contribution in [0.2, 0.25) is 0 Å². The van der Waals surface area contributed by atoms with Gasteiger partial charge in [0.15, 0.2) is 6.61 Å². The lowest BCUT2D eigenvalue weighted by Crippen LogP contribution is -2.20. The highest BCUT2D eigenvalue weighted by atomic mass is 79.9. The van der Waals surface area contributed by atoms with Crippen molar-refractivity contribution in [2.24, 2.45) is 0 Å². The molecule has 1 N–H and O–H groups in total. The van der Waals surface area contributed by atoms with Gasteiger partial charge in [-0.2, -0.15) is 0 Å². The zero-order valence-corrected chi connectivity index (χ0v) is 15.1. The fourth-order valence-corrected chi connectivity index (χ4v) is 2.60. The molecule has 2 aromatic rings. The molecule has 0 bridgehead atoms. The van der Waals surface area contributed by atoms with Gasteiger partial charge in [-0.25, -0.2) is 4.79 Å². The number of carbonyl (C=O) groups is 2. The minimum Gasteiger partial charge on any atom is -0.483 e. The number of hydrogen-bond donors (Lipinski definition) is 1. The molecule has 6 heteroatoms. The molecule has 0 fully saturated rings. The fourth-order valence-electron chi connectivity index (χ4n) is 2.06. The van der Waals surface area contributed by atoms with Gasteiger partial charge < -0.3 is 14.8 Å². The first-order chi connectivity index (χ1) is 11.5. The first kappa shape index (κ1) is 18.0. The lowest BCUT2D eigenvalue weighted by Gasteiger charge is -2.10. The third-order valence-electron chi connectivity index (χ3n) is 3.33. The quantitative estimate of drug-likeness (QED) is 0.760. The summed E-state index contributed by atoms with van der Waals surface area (Å²) in [6.45, 7) is 1.94. The Morgan fingerprint density at radius 3 is 2.62 bits per heavy atom. The summed E-state index contributed by atoms with van der Waals surface area (Å²) in [7, 11) is 1.31. The van der Waals surface area contributed by atoms with Gasteiger partial charge in [0.1, 0.15) is 5.75 Å². The Labute approximate surface area is 149 Å². The maximum Gasteiger partial charge on any atom is 0.337 e. The van der Waals surface area contributed by atoms with E-state index in [0.29, 0.717) is 17.0 Å². The van der Waals surface area contributed by atoms with Gasteiger partial charge in [-0.15, -0.1) is 0 Å². The number of benzene rings is 2. The summed E-state index contributed by atoms with van der Waals surface area (Å²) in [4.78, 5) is 23.5. The topological polar surface area (TPSA) is 64.6 Å². The number of amides is 1. The van der Waals surface area contributed by atoms with E-state index < -0.39 is 5.97 Å². The molecule has 0 aliphatic rings. The third-order valence-corrected chi connectivity index (χ3v) is 3.95. The third kappa shape index (κ3) is 4.83. The Morgan fingerprint density at radius 1 is 1.17 bits per heavy atom. The number of nitrogens with one attached hydrogen (secondary N) is 1. The Hall–Kier alpha value is -2.34. The van der Waals surface area contributed by atoms with Crippen molar-refractivity contribution in [3.63, 3.8) is 0 Å². The monoisotopic (exact) mass is 391 g/mol. The van der Waals surface area contributed by atoms with Crippen molar-refractivity contribution < 1.29 is 19.1 Å². The van der Waals surface area contributed by atoms with Crippen LogP contribution in [0.1, 0.15) is 22.8 Å². The Morgan fingerprint density at radius 2 is 1.96 bits per heavy atom. The molecule has 2 rings (SSSR count). The maximum absolute atomic E-state index is 12.0. The lowest BCUT2D eigenvalue weighted by atomic mass is 10.2. The predicted molar refractivity (Wildman–Crippen MR) is 95.4 cm³/mol. The van der Waals surface area contributed by atoms with Gasteiger partial charge in [-0.1, -0.05) is 19.1 Å². The summed E-state index contributed by atoms with van der Waals surface area (Å²) >= 11 is 3.43. The average molecular weight is 392 g/mol. The Bertz CT molecular complexity index is 746. The first-order valence-corrected chi connectivity index (χ1v) is 8.22. The number of methoxy groups -OCH3 is 1. The SMILES string of the molecule is CCc1ccc(OCC(=O)Nc2cccc(C(=O)OC)c2)c(Br)c1. The number of halogens is 1. The average Bonchev–Trinajstić information content (AvgIpc) is 2.60. The van der Waals surface area contributed by atoms with E-state index in [0.717, 1.165) is 10.9 Å². The number of rotatable bonds is 6. The van der Waals surface area contributed by atoms with Crippen LogP contribution in [0, 0.1) is 0 Å². The maximum atomic E-state index is 12.0. The van der Waals surface area contributed by atoms with Crippen LogP contribution in [0.15, 0.2) is 46.9 Å². The second-order valence-corrected chi connectivity index (χ2v) is 5.88.